The molecule has 0 bridgehead atoms. The van der Waals surface area contributed by atoms with Gasteiger partial charge in [0.2, 0.25) is 0 Å². The van der Waals surface area contributed by atoms with Crippen LogP contribution in [0, 0.1) is 5.82 Å². The molecule has 0 N–H and O–H groups in total. The lowest BCUT2D eigenvalue weighted by Crippen LogP contribution is -2.20. The van der Waals surface area contributed by atoms with Gasteiger partial charge in [0, 0.05) is 31.6 Å². The molecule has 1 aromatic carbocycles. The third-order valence-corrected chi connectivity index (χ3v) is 4.64. The SMILES string of the molecule is O=c1c2cc(F)c(-c3ncc(C(F)(F)F)cn3)cc2ccn1CCCCCC(F)(F)F. The molecule has 11 heteroatoms. The number of nitrogens with zero attached hydrogens (tertiary/aromatic N) is 3. The van der Waals surface area contributed by atoms with Gasteiger partial charge in [0.15, 0.2) is 5.82 Å². The number of hydrogen-bond donors (Lipinski definition) is 0. The zero-order valence-corrected chi connectivity index (χ0v) is 15.9. The molecule has 166 valence electrons. The topological polar surface area (TPSA) is 47.8 Å². The van der Waals surface area contributed by atoms with E-state index in [-0.39, 0.29) is 36.2 Å². The monoisotopic (exact) mass is 447 g/mol. The Morgan fingerprint density at radius 2 is 1.61 bits per heavy atom. The first-order valence-corrected chi connectivity index (χ1v) is 9.25. The lowest BCUT2D eigenvalue weighted by atomic mass is 10.1. The van der Waals surface area contributed by atoms with E-state index in [1.54, 1.807) is 0 Å². The third kappa shape index (κ3) is 5.59. The van der Waals surface area contributed by atoms with Crippen LogP contribution in [0.25, 0.3) is 22.2 Å². The van der Waals surface area contributed by atoms with E-state index in [4.69, 9.17) is 0 Å². The number of aromatic nitrogens is 3. The molecule has 0 spiro atoms. The minimum atomic E-state index is -4.63. The van der Waals surface area contributed by atoms with Crippen molar-refractivity contribution < 1.29 is 30.7 Å². The van der Waals surface area contributed by atoms with Crippen molar-refractivity contribution in [2.24, 2.45) is 0 Å². The largest absolute Gasteiger partial charge is 0.419 e. The predicted octanol–water partition coefficient (Wildman–Crippen LogP) is 5.74. The van der Waals surface area contributed by atoms with E-state index >= 15 is 0 Å². The van der Waals surface area contributed by atoms with Gasteiger partial charge in [0.1, 0.15) is 5.82 Å². The molecular formula is C20H16F7N3O. The van der Waals surface area contributed by atoms with Crippen LogP contribution in [0.5, 0.6) is 0 Å². The maximum absolute atomic E-state index is 14.6. The summed E-state index contributed by atoms with van der Waals surface area (Å²) in [5.41, 5.74) is -1.76. The highest BCUT2D eigenvalue weighted by Gasteiger charge is 2.31. The number of rotatable bonds is 6. The second-order valence-corrected chi connectivity index (χ2v) is 6.95. The van der Waals surface area contributed by atoms with Gasteiger partial charge in [0.25, 0.3) is 5.56 Å². The normalized spacial score (nSPS) is 12.5. The summed E-state index contributed by atoms with van der Waals surface area (Å²) in [6.45, 7) is 0.179. The molecule has 2 heterocycles. The maximum Gasteiger partial charge on any atom is 0.419 e. The van der Waals surface area contributed by atoms with Crippen molar-refractivity contribution in [1.82, 2.24) is 14.5 Å². The summed E-state index contributed by atoms with van der Waals surface area (Å²) in [6.07, 6.45) is -6.63. The number of hydrogen-bond acceptors (Lipinski definition) is 3. The lowest BCUT2D eigenvalue weighted by Gasteiger charge is -2.10. The molecule has 0 saturated carbocycles. The first-order chi connectivity index (χ1) is 14.5. The van der Waals surface area contributed by atoms with Gasteiger partial charge in [-0.2, -0.15) is 26.3 Å². The Balaban J connectivity index is 1.80. The quantitative estimate of drug-likeness (QED) is 0.358. The minimum Gasteiger partial charge on any atom is -0.315 e. The summed E-state index contributed by atoms with van der Waals surface area (Å²) in [5.74, 6) is -1.14. The lowest BCUT2D eigenvalue weighted by molar-refractivity contribution is -0.138. The Morgan fingerprint density at radius 1 is 0.935 bits per heavy atom. The molecule has 0 amide bonds. The molecule has 3 aromatic rings. The number of fused-ring (bicyclic) bond motifs is 1. The van der Waals surface area contributed by atoms with Gasteiger partial charge in [-0.3, -0.25) is 4.79 Å². The van der Waals surface area contributed by atoms with Crippen LogP contribution in [0.3, 0.4) is 0 Å². The predicted molar refractivity (Wildman–Crippen MR) is 98.7 cm³/mol. The Labute approximate surface area is 171 Å². The average Bonchev–Trinajstić information content (AvgIpc) is 2.68. The number of unbranched alkanes of at least 4 members (excludes halogenated alkanes) is 2. The van der Waals surface area contributed by atoms with Crippen LogP contribution in [0.15, 0.2) is 41.6 Å². The molecule has 4 nitrogen and oxygen atoms in total. The number of alkyl halides is 6. The van der Waals surface area contributed by atoms with E-state index in [2.05, 4.69) is 9.97 Å². The van der Waals surface area contributed by atoms with Crippen molar-refractivity contribution in [3.8, 4) is 11.4 Å². The highest BCUT2D eigenvalue weighted by atomic mass is 19.4. The molecule has 0 aliphatic rings. The summed E-state index contributed by atoms with van der Waals surface area (Å²) in [7, 11) is 0. The van der Waals surface area contributed by atoms with E-state index in [9.17, 15) is 35.5 Å². The van der Waals surface area contributed by atoms with Crippen LogP contribution in [0.2, 0.25) is 0 Å². The summed E-state index contributed by atoms with van der Waals surface area (Å²) < 4.78 is 90.2. The van der Waals surface area contributed by atoms with Crippen molar-refractivity contribution in [3.05, 3.63) is 58.5 Å². The Hall–Kier alpha value is -2.98. The van der Waals surface area contributed by atoms with Gasteiger partial charge in [0.05, 0.1) is 16.5 Å². The fraction of sp³-hybridized carbons (Fsp3) is 0.350. The molecule has 0 aliphatic carbocycles. The van der Waals surface area contributed by atoms with Gasteiger partial charge < -0.3 is 4.57 Å². The minimum absolute atomic E-state index is 0.0333. The maximum atomic E-state index is 14.6. The van der Waals surface area contributed by atoms with Crippen LogP contribution >= 0.6 is 0 Å². The van der Waals surface area contributed by atoms with Gasteiger partial charge in [-0.1, -0.05) is 6.42 Å². The first-order valence-electron chi connectivity index (χ1n) is 9.25. The van der Waals surface area contributed by atoms with Crippen LogP contribution in [0.4, 0.5) is 30.7 Å². The Bertz CT molecular complexity index is 1120. The third-order valence-electron chi connectivity index (χ3n) is 4.64. The molecule has 3 rings (SSSR count). The Kier molecular flexibility index (Phi) is 6.33. The van der Waals surface area contributed by atoms with E-state index in [1.165, 1.54) is 22.9 Å². The molecule has 2 aromatic heterocycles. The van der Waals surface area contributed by atoms with E-state index < -0.39 is 35.7 Å². The van der Waals surface area contributed by atoms with E-state index in [0.717, 1.165) is 6.07 Å². The van der Waals surface area contributed by atoms with Crippen LogP contribution in [0.1, 0.15) is 31.2 Å². The van der Waals surface area contributed by atoms with Crippen molar-refractivity contribution >= 4 is 10.8 Å². The van der Waals surface area contributed by atoms with Crippen molar-refractivity contribution in [2.75, 3.05) is 0 Å². The first kappa shape index (κ1) is 22.7. The average molecular weight is 447 g/mol. The standard InChI is InChI=1S/C20H16F7N3O/c21-16-9-14-12(8-15(16)17-28-10-13(11-29-17)20(25,26)27)4-7-30(18(14)31)6-3-1-2-5-19(22,23)24/h4,7-11H,1-3,5-6H2. The van der Waals surface area contributed by atoms with Gasteiger partial charge in [-0.15, -0.1) is 0 Å². The molecule has 0 radical (unpaired) electrons. The highest BCUT2D eigenvalue weighted by Crippen LogP contribution is 2.30. The second kappa shape index (κ2) is 8.64. The number of benzene rings is 1. The zero-order valence-electron chi connectivity index (χ0n) is 15.9. The Morgan fingerprint density at radius 3 is 2.23 bits per heavy atom. The molecule has 0 atom stereocenters. The molecular weight excluding hydrogens is 431 g/mol. The van der Waals surface area contributed by atoms with Crippen LogP contribution in [-0.2, 0) is 12.7 Å². The molecule has 0 fully saturated rings. The van der Waals surface area contributed by atoms with E-state index in [0.29, 0.717) is 24.2 Å². The molecule has 0 unspecified atom stereocenters. The van der Waals surface area contributed by atoms with Crippen LogP contribution < -0.4 is 5.56 Å². The summed E-state index contributed by atoms with van der Waals surface area (Å²) in [4.78, 5) is 19.7. The summed E-state index contributed by atoms with van der Waals surface area (Å²) in [6, 6.07) is 3.73. The number of pyridine rings is 1. The van der Waals surface area contributed by atoms with Gasteiger partial charge in [-0.25, -0.2) is 14.4 Å². The molecule has 0 saturated heterocycles. The van der Waals surface area contributed by atoms with E-state index in [1.807, 2.05) is 0 Å². The van der Waals surface area contributed by atoms with Crippen molar-refractivity contribution in [3.63, 3.8) is 0 Å². The smallest absolute Gasteiger partial charge is 0.315 e. The fourth-order valence-corrected chi connectivity index (χ4v) is 3.05. The summed E-state index contributed by atoms with van der Waals surface area (Å²) in [5, 5.41) is 0.365. The highest BCUT2D eigenvalue weighted by molar-refractivity contribution is 5.85. The fourth-order valence-electron chi connectivity index (χ4n) is 3.05. The van der Waals surface area contributed by atoms with Crippen molar-refractivity contribution in [1.29, 1.82) is 0 Å². The van der Waals surface area contributed by atoms with Gasteiger partial charge in [-0.05, 0) is 36.4 Å². The number of halogens is 7. The zero-order chi connectivity index (χ0) is 22.8. The van der Waals surface area contributed by atoms with Crippen LogP contribution in [-0.4, -0.2) is 20.7 Å². The molecule has 31 heavy (non-hydrogen) atoms. The molecule has 0 aliphatic heterocycles. The van der Waals surface area contributed by atoms with Gasteiger partial charge >= 0.3 is 12.4 Å². The summed E-state index contributed by atoms with van der Waals surface area (Å²) >= 11 is 0. The number of aryl methyl sites for hydroxylation is 1. The second-order valence-electron chi connectivity index (χ2n) is 6.95. The van der Waals surface area contributed by atoms with Crippen molar-refractivity contribution in [2.45, 2.75) is 44.6 Å².